The van der Waals surface area contributed by atoms with Gasteiger partial charge in [0.15, 0.2) is 0 Å². The van der Waals surface area contributed by atoms with Crippen molar-refractivity contribution in [1.82, 2.24) is 10.9 Å². The average Bonchev–Trinajstić information content (AvgIpc) is 3.62. The third-order valence-electron chi connectivity index (χ3n) is 6.49. The van der Waals surface area contributed by atoms with Crippen molar-refractivity contribution in [2.24, 2.45) is 5.92 Å². The Kier molecular flexibility index (Phi) is 6.10. The van der Waals surface area contributed by atoms with Crippen LogP contribution in [0.4, 0.5) is 5.69 Å². The van der Waals surface area contributed by atoms with Gasteiger partial charge in [0, 0.05) is 11.6 Å². The molecule has 0 aliphatic carbocycles. The second-order valence-electron chi connectivity index (χ2n) is 8.37. The largest absolute Gasteiger partial charge is 0.468 e. The highest BCUT2D eigenvalue weighted by molar-refractivity contribution is 6.02. The number of benzene rings is 2. The third-order valence-corrected chi connectivity index (χ3v) is 6.49. The van der Waals surface area contributed by atoms with Crippen LogP contribution in [0.1, 0.15) is 51.0 Å². The molecule has 5 rings (SSSR count). The number of carbonyl (C=O) groups is 3. The lowest BCUT2D eigenvalue weighted by atomic mass is 9.85. The van der Waals surface area contributed by atoms with E-state index in [9.17, 15) is 14.4 Å². The Hall–Kier alpha value is -3.95. The number of esters is 2. The summed E-state index contributed by atoms with van der Waals surface area (Å²) in [5.74, 6) is -0.443. The van der Waals surface area contributed by atoms with Crippen molar-refractivity contribution in [3.63, 3.8) is 0 Å². The minimum absolute atomic E-state index is 0.109. The number of carbonyl (C=O) groups excluding carboxylic acids is 3. The number of hydrogen-bond acceptors (Lipinski definition) is 8. The number of ether oxygens (including phenoxy) is 2. The maximum Gasteiger partial charge on any atom is 0.338 e. The zero-order chi connectivity index (χ0) is 24.5. The molecule has 9 heteroatoms. The van der Waals surface area contributed by atoms with E-state index in [0.717, 1.165) is 5.56 Å². The van der Waals surface area contributed by atoms with Gasteiger partial charge < -0.3 is 18.8 Å². The number of amides is 1. The molecule has 2 aliphatic rings. The molecule has 0 bridgehead atoms. The first kappa shape index (κ1) is 22.8. The molecule has 2 aromatic carbocycles. The Morgan fingerprint density at radius 3 is 2.23 bits per heavy atom. The minimum atomic E-state index is -0.500. The van der Waals surface area contributed by atoms with E-state index < -0.39 is 18.0 Å². The fourth-order valence-corrected chi connectivity index (χ4v) is 4.91. The molecular weight excluding hydrogens is 450 g/mol. The number of nitrogens with one attached hydrogen (secondary N) is 2. The van der Waals surface area contributed by atoms with Gasteiger partial charge in [-0.05, 0) is 61.0 Å². The van der Waals surface area contributed by atoms with Crippen LogP contribution in [-0.4, -0.2) is 37.6 Å². The van der Waals surface area contributed by atoms with Gasteiger partial charge in [-0.1, -0.05) is 12.1 Å². The van der Waals surface area contributed by atoms with Gasteiger partial charge in [0.2, 0.25) is 5.91 Å². The van der Waals surface area contributed by atoms with Crippen LogP contribution in [0.2, 0.25) is 0 Å². The Bertz CT molecular complexity index is 1220. The lowest BCUT2D eigenvalue weighted by Crippen LogP contribution is -2.41. The van der Waals surface area contributed by atoms with Crippen LogP contribution in [0.5, 0.6) is 0 Å². The molecule has 180 valence electrons. The summed E-state index contributed by atoms with van der Waals surface area (Å²) in [5, 5.41) is 0. The minimum Gasteiger partial charge on any atom is -0.468 e. The van der Waals surface area contributed by atoms with Crippen molar-refractivity contribution >= 4 is 23.5 Å². The topological polar surface area (TPSA) is 110 Å². The Morgan fingerprint density at radius 1 is 0.943 bits per heavy atom. The van der Waals surface area contributed by atoms with E-state index in [1.165, 1.54) is 7.11 Å². The number of furan rings is 1. The maximum atomic E-state index is 13.7. The number of hydrazine groups is 1. The summed E-state index contributed by atoms with van der Waals surface area (Å²) in [6.45, 7) is 2.03. The highest BCUT2D eigenvalue weighted by atomic mass is 16.5. The van der Waals surface area contributed by atoms with E-state index in [1.807, 2.05) is 24.3 Å². The highest BCUT2D eigenvalue weighted by Gasteiger charge is 2.56. The molecule has 2 N–H and O–H groups in total. The predicted octanol–water partition coefficient (Wildman–Crippen LogP) is 3.16. The second kappa shape index (κ2) is 9.36. The van der Waals surface area contributed by atoms with Crippen LogP contribution in [0.25, 0.3) is 0 Å². The van der Waals surface area contributed by atoms with E-state index >= 15 is 0 Å². The first-order chi connectivity index (χ1) is 17.0. The molecule has 1 amide bonds. The first-order valence-corrected chi connectivity index (χ1v) is 11.4. The molecule has 1 aromatic heterocycles. The average molecular weight is 476 g/mol. The lowest BCUT2D eigenvalue weighted by Gasteiger charge is -2.30. The fourth-order valence-electron chi connectivity index (χ4n) is 4.91. The zero-order valence-electron chi connectivity index (χ0n) is 19.3. The van der Waals surface area contributed by atoms with Crippen LogP contribution < -0.4 is 15.8 Å². The summed E-state index contributed by atoms with van der Waals surface area (Å²) in [6.07, 6.45) is 1.60. The summed E-state index contributed by atoms with van der Waals surface area (Å²) >= 11 is 0. The summed E-state index contributed by atoms with van der Waals surface area (Å²) in [6, 6.07) is 16.4. The van der Waals surface area contributed by atoms with Crippen LogP contribution in [0.3, 0.4) is 0 Å². The summed E-state index contributed by atoms with van der Waals surface area (Å²) < 4.78 is 15.6. The van der Waals surface area contributed by atoms with Crippen molar-refractivity contribution in [3.05, 3.63) is 89.4 Å². The summed E-state index contributed by atoms with van der Waals surface area (Å²) in [7, 11) is 1.34. The second-order valence-corrected chi connectivity index (χ2v) is 8.37. The zero-order valence-corrected chi connectivity index (χ0v) is 19.3. The molecule has 4 atom stereocenters. The van der Waals surface area contributed by atoms with Crippen molar-refractivity contribution < 1.29 is 28.3 Å². The highest BCUT2D eigenvalue weighted by Crippen LogP contribution is 2.49. The molecule has 0 spiro atoms. The number of rotatable bonds is 6. The van der Waals surface area contributed by atoms with Gasteiger partial charge in [-0.3, -0.25) is 4.79 Å². The maximum absolute atomic E-state index is 13.7. The third kappa shape index (κ3) is 3.98. The summed E-state index contributed by atoms with van der Waals surface area (Å²) in [5.41, 5.74) is 8.70. The van der Waals surface area contributed by atoms with E-state index in [2.05, 4.69) is 10.9 Å². The van der Waals surface area contributed by atoms with Gasteiger partial charge in [-0.15, -0.1) is 0 Å². The number of methoxy groups -OCH3 is 1. The van der Waals surface area contributed by atoms with Gasteiger partial charge in [0.05, 0.1) is 43.2 Å². The van der Waals surface area contributed by atoms with Gasteiger partial charge in [-0.25, -0.2) is 20.4 Å². The molecule has 3 aromatic rings. The molecule has 2 saturated heterocycles. The van der Waals surface area contributed by atoms with Crippen molar-refractivity contribution in [2.75, 3.05) is 18.6 Å². The van der Waals surface area contributed by atoms with E-state index in [1.54, 1.807) is 54.5 Å². The van der Waals surface area contributed by atoms with Gasteiger partial charge in [0.1, 0.15) is 11.8 Å². The molecule has 35 heavy (non-hydrogen) atoms. The van der Waals surface area contributed by atoms with Crippen LogP contribution in [0.15, 0.2) is 71.3 Å². The van der Waals surface area contributed by atoms with Crippen molar-refractivity contribution in [2.45, 2.75) is 25.0 Å². The van der Waals surface area contributed by atoms with Gasteiger partial charge >= 0.3 is 11.9 Å². The molecular formula is C26H25N3O6. The van der Waals surface area contributed by atoms with E-state index in [-0.39, 0.29) is 30.5 Å². The predicted molar refractivity (Wildman–Crippen MR) is 125 cm³/mol. The van der Waals surface area contributed by atoms with Gasteiger partial charge in [-0.2, -0.15) is 0 Å². The molecule has 0 saturated carbocycles. The van der Waals surface area contributed by atoms with E-state index in [0.29, 0.717) is 22.6 Å². The molecule has 4 unspecified atom stereocenters. The molecule has 3 heterocycles. The van der Waals surface area contributed by atoms with Gasteiger partial charge in [0.25, 0.3) is 0 Å². The monoisotopic (exact) mass is 475 g/mol. The number of anilines is 1. The fraction of sp³-hybridized carbons (Fsp3) is 0.269. The van der Waals surface area contributed by atoms with Crippen LogP contribution >= 0.6 is 0 Å². The summed E-state index contributed by atoms with van der Waals surface area (Å²) in [4.78, 5) is 39.4. The SMILES string of the molecule is CCOC(=O)c1ccc(N2C(=O)C3NNC(c4ccco4)C3C2c2ccc(C(=O)OC)cc2)cc1. The molecule has 0 radical (unpaired) electrons. The van der Waals surface area contributed by atoms with Crippen molar-refractivity contribution in [3.8, 4) is 0 Å². The Labute approximate surface area is 202 Å². The van der Waals surface area contributed by atoms with Crippen LogP contribution in [-0.2, 0) is 14.3 Å². The molecule has 2 aliphatic heterocycles. The standard InChI is InChI=1S/C26H25N3O6/c1-3-34-26(32)17-10-12-18(13-11-17)29-23(15-6-8-16(9-7-15)25(31)33-2)20-21(19-5-4-14-35-19)27-28-22(20)24(29)30/h4-14,20-23,27-28H,3H2,1-2H3. The first-order valence-electron chi connectivity index (χ1n) is 11.4. The Balaban J connectivity index is 1.55. The lowest BCUT2D eigenvalue weighted by molar-refractivity contribution is -0.119. The quantitative estimate of drug-likeness (QED) is 0.523. The van der Waals surface area contributed by atoms with Crippen molar-refractivity contribution in [1.29, 1.82) is 0 Å². The molecule has 2 fully saturated rings. The molecule has 9 nitrogen and oxygen atoms in total. The number of nitrogens with zero attached hydrogens (tertiary/aromatic N) is 1. The smallest absolute Gasteiger partial charge is 0.338 e. The Morgan fingerprint density at radius 2 is 1.60 bits per heavy atom. The number of hydrogen-bond donors (Lipinski definition) is 2. The number of fused-ring (bicyclic) bond motifs is 1. The normalized spacial score (nSPS) is 23.3. The van der Waals surface area contributed by atoms with Crippen LogP contribution in [0, 0.1) is 5.92 Å². The van der Waals surface area contributed by atoms with E-state index in [4.69, 9.17) is 13.9 Å².